The average Bonchev–Trinajstić information content (AvgIpc) is 2.77. The second kappa shape index (κ2) is 10.1. The molecule has 0 atom stereocenters. The fraction of sp³-hybridized carbons (Fsp3) is 0.136. The minimum Gasteiger partial charge on any atom is -0.493 e. The van der Waals surface area contributed by atoms with Crippen LogP contribution >= 0.6 is 23.2 Å². The molecule has 0 aliphatic heterocycles. The van der Waals surface area contributed by atoms with Crippen molar-refractivity contribution < 1.29 is 22.7 Å². The standard InChI is InChI=1S/C22H20Cl2N2O5S/c1-30-20-11-8-17(13-21(20)31-2)25-22(27)14-26(18-5-3-4-16(24)12-18)32(28,29)19-9-6-15(23)7-10-19/h3-13H,14H2,1-2H3,(H,25,27). The lowest BCUT2D eigenvalue weighted by atomic mass is 10.2. The molecule has 32 heavy (non-hydrogen) atoms. The maximum atomic E-state index is 13.4. The molecule has 0 saturated heterocycles. The van der Waals surface area contributed by atoms with E-state index in [1.54, 1.807) is 36.4 Å². The van der Waals surface area contributed by atoms with Crippen molar-refractivity contribution >= 4 is 50.5 Å². The largest absolute Gasteiger partial charge is 0.493 e. The van der Waals surface area contributed by atoms with Gasteiger partial charge in [0.15, 0.2) is 11.5 Å². The van der Waals surface area contributed by atoms with Crippen molar-refractivity contribution in [1.29, 1.82) is 0 Å². The van der Waals surface area contributed by atoms with Gasteiger partial charge < -0.3 is 14.8 Å². The highest BCUT2D eigenvalue weighted by Crippen LogP contribution is 2.30. The van der Waals surface area contributed by atoms with Gasteiger partial charge in [0.2, 0.25) is 5.91 Å². The Kier molecular flexibility index (Phi) is 7.50. The highest BCUT2D eigenvalue weighted by Gasteiger charge is 2.27. The van der Waals surface area contributed by atoms with Gasteiger partial charge in [-0.2, -0.15) is 0 Å². The highest BCUT2D eigenvalue weighted by atomic mass is 35.5. The number of amides is 1. The van der Waals surface area contributed by atoms with Crippen LogP contribution in [0, 0.1) is 0 Å². The Morgan fingerprint density at radius 2 is 1.59 bits per heavy atom. The van der Waals surface area contributed by atoms with Gasteiger partial charge in [0.25, 0.3) is 10.0 Å². The molecule has 1 N–H and O–H groups in total. The number of nitrogens with zero attached hydrogens (tertiary/aromatic N) is 1. The predicted octanol–water partition coefficient (Wildman–Crippen LogP) is 4.84. The molecule has 168 valence electrons. The van der Waals surface area contributed by atoms with Crippen molar-refractivity contribution in [2.24, 2.45) is 0 Å². The van der Waals surface area contributed by atoms with Crippen LogP contribution < -0.4 is 19.1 Å². The van der Waals surface area contributed by atoms with Gasteiger partial charge in [-0.05, 0) is 54.6 Å². The van der Waals surface area contributed by atoms with Gasteiger partial charge in [0.05, 0.1) is 24.8 Å². The van der Waals surface area contributed by atoms with Gasteiger partial charge in [-0.3, -0.25) is 9.10 Å². The second-order valence-electron chi connectivity index (χ2n) is 6.56. The second-order valence-corrected chi connectivity index (χ2v) is 9.30. The SMILES string of the molecule is COc1ccc(NC(=O)CN(c2cccc(Cl)c2)S(=O)(=O)c2ccc(Cl)cc2)cc1OC. The minimum absolute atomic E-state index is 0.0132. The van der Waals surface area contributed by atoms with E-state index in [9.17, 15) is 13.2 Å². The van der Waals surface area contributed by atoms with Crippen molar-refractivity contribution in [3.05, 3.63) is 76.8 Å². The molecule has 0 saturated carbocycles. The van der Waals surface area contributed by atoms with E-state index in [0.717, 1.165) is 4.31 Å². The van der Waals surface area contributed by atoms with Gasteiger partial charge in [0, 0.05) is 21.8 Å². The van der Waals surface area contributed by atoms with Crippen LogP contribution in [-0.4, -0.2) is 35.1 Å². The Morgan fingerprint density at radius 1 is 0.906 bits per heavy atom. The molecular formula is C22H20Cl2N2O5S. The Morgan fingerprint density at radius 3 is 2.22 bits per heavy atom. The maximum absolute atomic E-state index is 13.4. The molecule has 0 unspecified atom stereocenters. The summed E-state index contributed by atoms with van der Waals surface area (Å²) in [5, 5.41) is 3.41. The number of ether oxygens (including phenoxy) is 2. The van der Waals surface area contributed by atoms with Crippen LogP contribution in [0.1, 0.15) is 0 Å². The summed E-state index contributed by atoms with van der Waals surface area (Å²) >= 11 is 12.0. The number of hydrogen-bond donors (Lipinski definition) is 1. The number of halogens is 2. The molecule has 3 aromatic carbocycles. The summed E-state index contributed by atoms with van der Waals surface area (Å²) < 4.78 is 38.1. The van der Waals surface area contributed by atoms with Crippen molar-refractivity contribution in [3.63, 3.8) is 0 Å². The number of methoxy groups -OCH3 is 2. The summed E-state index contributed by atoms with van der Waals surface area (Å²) in [6, 6.07) is 16.8. The van der Waals surface area contributed by atoms with Crippen LogP contribution in [0.2, 0.25) is 10.0 Å². The van der Waals surface area contributed by atoms with E-state index >= 15 is 0 Å². The van der Waals surface area contributed by atoms with E-state index in [2.05, 4.69) is 5.32 Å². The molecule has 10 heteroatoms. The molecule has 0 fully saturated rings. The number of rotatable bonds is 8. The average molecular weight is 495 g/mol. The molecule has 7 nitrogen and oxygen atoms in total. The van der Waals surface area contributed by atoms with Crippen LogP contribution in [-0.2, 0) is 14.8 Å². The number of carbonyl (C=O) groups is 1. The number of anilines is 2. The van der Waals surface area contributed by atoms with E-state index in [0.29, 0.717) is 27.2 Å². The third kappa shape index (κ3) is 5.45. The summed E-state index contributed by atoms with van der Waals surface area (Å²) in [6.07, 6.45) is 0. The number of hydrogen-bond acceptors (Lipinski definition) is 5. The smallest absolute Gasteiger partial charge is 0.264 e. The van der Waals surface area contributed by atoms with Gasteiger partial charge in [-0.15, -0.1) is 0 Å². The highest BCUT2D eigenvalue weighted by molar-refractivity contribution is 7.92. The van der Waals surface area contributed by atoms with Crippen LogP contribution in [0.3, 0.4) is 0 Å². The van der Waals surface area contributed by atoms with Crippen LogP contribution in [0.4, 0.5) is 11.4 Å². The number of carbonyl (C=O) groups excluding carboxylic acids is 1. The monoisotopic (exact) mass is 494 g/mol. The fourth-order valence-electron chi connectivity index (χ4n) is 2.93. The van der Waals surface area contributed by atoms with E-state index in [1.807, 2.05) is 0 Å². The van der Waals surface area contributed by atoms with Gasteiger partial charge in [-0.25, -0.2) is 8.42 Å². The van der Waals surface area contributed by atoms with Crippen LogP contribution in [0.15, 0.2) is 71.6 Å². The van der Waals surface area contributed by atoms with E-state index in [4.69, 9.17) is 32.7 Å². The first-order chi connectivity index (χ1) is 15.2. The summed E-state index contributed by atoms with van der Waals surface area (Å²) in [5.74, 6) is 0.358. The molecule has 0 aliphatic carbocycles. The Bertz CT molecular complexity index is 1220. The van der Waals surface area contributed by atoms with Crippen molar-refractivity contribution in [2.45, 2.75) is 4.90 Å². The van der Waals surface area contributed by atoms with Gasteiger partial charge >= 0.3 is 0 Å². The Hall–Kier alpha value is -2.94. The van der Waals surface area contributed by atoms with Crippen molar-refractivity contribution in [1.82, 2.24) is 0 Å². The maximum Gasteiger partial charge on any atom is 0.264 e. The molecule has 1 amide bonds. The first-order valence-electron chi connectivity index (χ1n) is 9.30. The van der Waals surface area contributed by atoms with Gasteiger partial charge in [0.1, 0.15) is 6.54 Å². The minimum atomic E-state index is -4.09. The molecule has 3 rings (SSSR count). The zero-order chi connectivity index (χ0) is 23.3. The molecule has 0 radical (unpaired) electrons. The van der Waals surface area contributed by atoms with Crippen LogP contribution in [0.5, 0.6) is 11.5 Å². The Balaban J connectivity index is 1.92. The summed E-state index contributed by atoms with van der Waals surface area (Å²) in [5.41, 5.74) is 0.664. The molecule has 0 aromatic heterocycles. The molecular weight excluding hydrogens is 475 g/mol. The number of nitrogens with one attached hydrogen (secondary N) is 1. The molecule has 3 aromatic rings. The predicted molar refractivity (Wildman–Crippen MR) is 126 cm³/mol. The first-order valence-corrected chi connectivity index (χ1v) is 11.5. The Labute approximate surface area is 196 Å². The van der Waals surface area contributed by atoms with Crippen molar-refractivity contribution in [2.75, 3.05) is 30.4 Å². The van der Waals surface area contributed by atoms with Crippen LogP contribution in [0.25, 0.3) is 0 Å². The number of sulfonamides is 1. The third-order valence-corrected chi connectivity index (χ3v) is 6.73. The lowest BCUT2D eigenvalue weighted by Gasteiger charge is -2.24. The lowest BCUT2D eigenvalue weighted by molar-refractivity contribution is -0.114. The first kappa shape index (κ1) is 23.7. The lowest BCUT2D eigenvalue weighted by Crippen LogP contribution is -2.38. The third-order valence-electron chi connectivity index (χ3n) is 4.45. The van der Waals surface area contributed by atoms with E-state index in [-0.39, 0.29) is 10.6 Å². The molecule has 0 spiro atoms. The molecule has 0 heterocycles. The van der Waals surface area contributed by atoms with E-state index in [1.165, 1.54) is 44.6 Å². The quantitative estimate of drug-likeness (QED) is 0.483. The summed E-state index contributed by atoms with van der Waals surface area (Å²) in [7, 11) is -1.11. The zero-order valence-corrected chi connectivity index (χ0v) is 19.5. The molecule has 0 bridgehead atoms. The fourth-order valence-corrected chi connectivity index (χ4v) is 4.65. The van der Waals surface area contributed by atoms with Crippen molar-refractivity contribution in [3.8, 4) is 11.5 Å². The van der Waals surface area contributed by atoms with Gasteiger partial charge in [-0.1, -0.05) is 29.3 Å². The summed E-state index contributed by atoms with van der Waals surface area (Å²) in [6.45, 7) is -0.486. The normalized spacial score (nSPS) is 11.0. The summed E-state index contributed by atoms with van der Waals surface area (Å²) in [4.78, 5) is 12.8. The zero-order valence-electron chi connectivity index (χ0n) is 17.2. The van der Waals surface area contributed by atoms with E-state index < -0.39 is 22.5 Å². The topological polar surface area (TPSA) is 84.9 Å². The number of benzene rings is 3. The molecule has 0 aliphatic rings.